The van der Waals surface area contributed by atoms with E-state index in [4.69, 9.17) is 0 Å². The Balaban J connectivity index is 1.48. The Morgan fingerprint density at radius 3 is 2.57 bits per heavy atom. The summed E-state index contributed by atoms with van der Waals surface area (Å²) in [4.78, 5) is 48.8. The second-order valence-corrected chi connectivity index (χ2v) is 6.54. The molecule has 1 fully saturated rings. The highest BCUT2D eigenvalue weighted by Gasteiger charge is 2.55. The number of nitrogens with zero attached hydrogens (tertiary/aromatic N) is 5. The first kappa shape index (κ1) is 19.1. The topological polar surface area (TPSA) is 138 Å². The summed E-state index contributed by atoms with van der Waals surface area (Å²) >= 11 is 0. The lowest BCUT2D eigenvalue weighted by molar-refractivity contribution is -0.384. The van der Waals surface area contributed by atoms with Crippen molar-refractivity contribution in [2.24, 2.45) is 10.3 Å². The molecule has 2 atom stereocenters. The van der Waals surface area contributed by atoms with E-state index in [1.807, 2.05) is 0 Å². The molecule has 0 aliphatic carbocycles. The number of nitro benzene ring substituents is 1. The third-order valence-electron chi connectivity index (χ3n) is 4.59. The Morgan fingerprint density at radius 1 is 1.17 bits per heavy atom. The summed E-state index contributed by atoms with van der Waals surface area (Å²) in [5.41, 5.74) is 0.201. The number of rotatable bonds is 5. The minimum Gasteiger partial charge on any atom is -0.324 e. The van der Waals surface area contributed by atoms with Gasteiger partial charge in [-0.25, -0.2) is 9.29 Å². The van der Waals surface area contributed by atoms with Gasteiger partial charge in [-0.05, 0) is 30.3 Å². The maximum Gasteiger partial charge on any atom is 0.269 e. The first-order valence-corrected chi connectivity index (χ1v) is 8.70. The van der Waals surface area contributed by atoms with Gasteiger partial charge < -0.3 is 5.32 Å². The second-order valence-electron chi connectivity index (χ2n) is 6.54. The molecule has 11 nitrogen and oxygen atoms in total. The number of fused-ring (bicyclic) bond motifs is 1. The summed E-state index contributed by atoms with van der Waals surface area (Å²) in [7, 11) is 0. The van der Waals surface area contributed by atoms with E-state index in [1.165, 1.54) is 42.5 Å². The summed E-state index contributed by atoms with van der Waals surface area (Å²) in [5.74, 6) is -2.39. The number of benzene rings is 2. The van der Waals surface area contributed by atoms with Crippen LogP contribution in [0, 0.1) is 15.9 Å². The number of non-ortho nitro benzene ring substituents is 1. The van der Waals surface area contributed by atoms with Gasteiger partial charge in [-0.3, -0.25) is 29.5 Å². The van der Waals surface area contributed by atoms with E-state index >= 15 is 0 Å². The van der Waals surface area contributed by atoms with Gasteiger partial charge in [0.15, 0.2) is 12.1 Å². The van der Waals surface area contributed by atoms with Crippen LogP contribution in [0.1, 0.15) is 0 Å². The van der Waals surface area contributed by atoms with Crippen LogP contribution in [-0.2, 0) is 14.4 Å². The number of hydrogen-bond donors (Lipinski definition) is 1. The Hall–Kier alpha value is -4.22. The van der Waals surface area contributed by atoms with Gasteiger partial charge in [-0.2, -0.15) is 5.11 Å². The van der Waals surface area contributed by atoms with Crippen LogP contribution in [0.25, 0.3) is 0 Å². The summed E-state index contributed by atoms with van der Waals surface area (Å²) in [6, 6.07) is 7.98. The van der Waals surface area contributed by atoms with E-state index in [1.54, 1.807) is 0 Å². The largest absolute Gasteiger partial charge is 0.324 e. The Labute approximate surface area is 167 Å². The number of carbonyl (C=O) groups excluding carboxylic acids is 3. The normalized spacial score (nSPS) is 19.9. The van der Waals surface area contributed by atoms with E-state index in [-0.39, 0.29) is 23.6 Å². The minimum atomic E-state index is -1.12. The third-order valence-corrected chi connectivity index (χ3v) is 4.59. The van der Waals surface area contributed by atoms with Crippen molar-refractivity contribution in [3.8, 4) is 0 Å². The molecule has 1 N–H and O–H groups in total. The predicted molar refractivity (Wildman–Crippen MR) is 99.8 cm³/mol. The Bertz CT molecular complexity index is 1090. The zero-order chi connectivity index (χ0) is 21.4. The summed E-state index contributed by atoms with van der Waals surface area (Å²) in [5, 5.41) is 21.9. The predicted octanol–water partition coefficient (Wildman–Crippen LogP) is 1.67. The number of anilines is 2. The fraction of sp³-hybridized carbons (Fsp3) is 0.167. The second kappa shape index (κ2) is 7.31. The lowest BCUT2D eigenvalue weighted by atomic mass is 10.1. The van der Waals surface area contributed by atoms with E-state index in [2.05, 4.69) is 15.7 Å². The number of nitro groups is 1. The standard InChI is InChI=1S/C18H13FN6O5/c19-10-2-1-3-11(8-10)20-14(26)9-23-16-15(21-22-23)17(27)24(18(16)28)12-4-6-13(7-5-12)25(29)30/h1-8,15-16H,9H2,(H,20,26)/t15-,16-/m0/s1. The summed E-state index contributed by atoms with van der Waals surface area (Å²) in [6.45, 7) is -0.381. The molecule has 3 amide bonds. The lowest BCUT2D eigenvalue weighted by Gasteiger charge is -2.20. The molecule has 0 spiro atoms. The molecule has 2 heterocycles. The van der Waals surface area contributed by atoms with Crippen LogP contribution < -0.4 is 10.2 Å². The van der Waals surface area contributed by atoms with Gasteiger partial charge in [-0.1, -0.05) is 11.3 Å². The molecule has 2 aromatic rings. The molecule has 0 radical (unpaired) electrons. The van der Waals surface area contributed by atoms with Crippen molar-refractivity contribution in [3.05, 3.63) is 64.5 Å². The highest BCUT2D eigenvalue weighted by Crippen LogP contribution is 2.32. The molecule has 1 saturated heterocycles. The summed E-state index contributed by atoms with van der Waals surface area (Å²) < 4.78 is 13.2. The van der Waals surface area contributed by atoms with Crippen LogP contribution >= 0.6 is 0 Å². The van der Waals surface area contributed by atoms with Crippen LogP contribution in [0.3, 0.4) is 0 Å². The molecule has 12 heteroatoms. The molecular formula is C18H13FN6O5. The SMILES string of the molecule is O=C(CN1N=N[C@@H]2C(=O)N(c3ccc([N+](=O)[O-])cc3)C(=O)[C@H]21)Nc1cccc(F)c1. The fourth-order valence-electron chi connectivity index (χ4n) is 3.25. The van der Waals surface area contributed by atoms with Crippen LogP contribution in [0.5, 0.6) is 0 Å². The van der Waals surface area contributed by atoms with E-state index < -0.39 is 40.5 Å². The first-order valence-electron chi connectivity index (χ1n) is 8.70. The highest BCUT2D eigenvalue weighted by molar-refractivity contribution is 6.25. The average Bonchev–Trinajstić information content (AvgIpc) is 3.21. The monoisotopic (exact) mass is 412 g/mol. The maximum absolute atomic E-state index is 13.2. The number of hydrogen-bond acceptors (Lipinski definition) is 8. The van der Waals surface area contributed by atoms with Crippen LogP contribution in [-0.4, -0.2) is 46.3 Å². The molecule has 0 unspecified atom stereocenters. The van der Waals surface area contributed by atoms with Crippen molar-refractivity contribution >= 4 is 34.8 Å². The molecule has 2 aliphatic rings. The Kier molecular flexibility index (Phi) is 4.66. The fourth-order valence-corrected chi connectivity index (χ4v) is 3.25. The van der Waals surface area contributed by atoms with Crippen LogP contribution in [0.2, 0.25) is 0 Å². The van der Waals surface area contributed by atoms with E-state index in [0.717, 1.165) is 16.0 Å². The molecule has 30 heavy (non-hydrogen) atoms. The van der Waals surface area contributed by atoms with Gasteiger partial charge in [0.2, 0.25) is 5.91 Å². The number of carbonyl (C=O) groups is 3. The number of halogens is 1. The molecule has 0 aromatic heterocycles. The molecular weight excluding hydrogens is 399 g/mol. The number of imide groups is 1. The van der Waals surface area contributed by atoms with Gasteiger partial charge in [0, 0.05) is 17.8 Å². The molecule has 0 bridgehead atoms. The lowest BCUT2D eigenvalue weighted by Crippen LogP contribution is -2.43. The zero-order valence-electron chi connectivity index (χ0n) is 15.1. The van der Waals surface area contributed by atoms with Crippen molar-refractivity contribution < 1.29 is 23.7 Å². The summed E-state index contributed by atoms with van der Waals surface area (Å²) in [6.07, 6.45) is 0. The van der Waals surface area contributed by atoms with Gasteiger partial charge in [-0.15, -0.1) is 0 Å². The molecule has 152 valence electrons. The van der Waals surface area contributed by atoms with Crippen molar-refractivity contribution in [1.82, 2.24) is 5.01 Å². The van der Waals surface area contributed by atoms with Crippen LogP contribution in [0.4, 0.5) is 21.5 Å². The van der Waals surface area contributed by atoms with Crippen LogP contribution in [0.15, 0.2) is 58.9 Å². The van der Waals surface area contributed by atoms with Crippen molar-refractivity contribution in [2.75, 3.05) is 16.8 Å². The number of amides is 3. The van der Waals surface area contributed by atoms with Crippen molar-refractivity contribution in [3.63, 3.8) is 0 Å². The molecule has 4 rings (SSSR count). The average molecular weight is 412 g/mol. The smallest absolute Gasteiger partial charge is 0.269 e. The quantitative estimate of drug-likeness (QED) is 0.450. The van der Waals surface area contributed by atoms with Gasteiger partial charge in [0.25, 0.3) is 17.5 Å². The Morgan fingerprint density at radius 2 is 1.90 bits per heavy atom. The van der Waals surface area contributed by atoms with Crippen molar-refractivity contribution in [1.29, 1.82) is 0 Å². The third kappa shape index (κ3) is 3.34. The number of nitrogens with one attached hydrogen (secondary N) is 1. The van der Waals surface area contributed by atoms with Crippen molar-refractivity contribution in [2.45, 2.75) is 12.1 Å². The van der Waals surface area contributed by atoms with Gasteiger partial charge in [0.1, 0.15) is 12.4 Å². The zero-order valence-corrected chi connectivity index (χ0v) is 15.1. The minimum absolute atomic E-state index is 0.157. The molecule has 0 saturated carbocycles. The first-order chi connectivity index (χ1) is 14.3. The van der Waals surface area contributed by atoms with E-state index in [0.29, 0.717) is 0 Å². The molecule has 2 aliphatic heterocycles. The highest BCUT2D eigenvalue weighted by atomic mass is 19.1. The van der Waals surface area contributed by atoms with Gasteiger partial charge >= 0.3 is 0 Å². The van der Waals surface area contributed by atoms with Gasteiger partial charge in [0.05, 0.1) is 10.6 Å². The molecule has 2 aromatic carbocycles. The van der Waals surface area contributed by atoms with E-state index in [9.17, 15) is 28.9 Å². The maximum atomic E-state index is 13.2.